The molecule has 0 bridgehead atoms. The first-order valence-electron chi connectivity index (χ1n) is 6.26. The summed E-state index contributed by atoms with van der Waals surface area (Å²) in [7, 11) is 0. The van der Waals surface area contributed by atoms with Crippen LogP contribution in [-0.2, 0) is 11.3 Å². The van der Waals surface area contributed by atoms with Gasteiger partial charge in [-0.2, -0.15) is 0 Å². The van der Waals surface area contributed by atoms with E-state index in [0.29, 0.717) is 17.2 Å². The number of aromatic nitrogens is 1. The van der Waals surface area contributed by atoms with Crippen molar-refractivity contribution in [2.24, 2.45) is 0 Å². The molecule has 0 aliphatic rings. The predicted molar refractivity (Wildman–Crippen MR) is 74.7 cm³/mol. The molecule has 2 aromatic heterocycles. The fourth-order valence-electron chi connectivity index (χ4n) is 1.82. The normalized spacial score (nSPS) is 10.6. The minimum Gasteiger partial charge on any atom is -0.461 e. The molecular weight excluding hydrogens is 313 g/mol. The van der Waals surface area contributed by atoms with Gasteiger partial charge >= 0.3 is 5.97 Å². The first-order chi connectivity index (χ1) is 10.6. The Hall–Kier alpha value is -2.60. The van der Waals surface area contributed by atoms with E-state index in [0.717, 1.165) is 6.07 Å². The van der Waals surface area contributed by atoms with Crippen molar-refractivity contribution in [1.29, 1.82) is 0 Å². The number of ether oxygens (including phenoxy) is 1. The maximum absolute atomic E-state index is 13.6. The number of esters is 1. The van der Waals surface area contributed by atoms with E-state index in [2.05, 4.69) is 5.16 Å². The number of carbonyl (C=O) groups excluding carboxylic acids is 1. The van der Waals surface area contributed by atoms with Crippen LogP contribution in [0.2, 0.25) is 5.02 Å². The molecule has 0 amide bonds. The van der Waals surface area contributed by atoms with E-state index in [-0.39, 0.29) is 17.2 Å². The minimum absolute atomic E-state index is 0.0126. The highest BCUT2D eigenvalue weighted by Gasteiger charge is 2.18. The number of rotatable bonds is 4. The van der Waals surface area contributed by atoms with Crippen LogP contribution in [0.25, 0.3) is 11.5 Å². The third-order valence-corrected chi connectivity index (χ3v) is 3.16. The van der Waals surface area contributed by atoms with Crippen molar-refractivity contribution >= 4 is 17.6 Å². The van der Waals surface area contributed by atoms with Crippen LogP contribution in [-0.4, -0.2) is 11.1 Å². The molecule has 0 saturated carbocycles. The Morgan fingerprint density at radius 2 is 2.14 bits per heavy atom. The van der Waals surface area contributed by atoms with Crippen LogP contribution in [0, 0.1) is 5.82 Å². The summed E-state index contributed by atoms with van der Waals surface area (Å²) in [5.74, 6) is -0.707. The van der Waals surface area contributed by atoms with Gasteiger partial charge in [0.1, 0.15) is 23.7 Å². The van der Waals surface area contributed by atoms with Gasteiger partial charge in [0.15, 0.2) is 5.76 Å². The molecule has 3 rings (SSSR count). The summed E-state index contributed by atoms with van der Waals surface area (Å²) >= 11 is 5.79. The molecule has 5 nitrogen and oxygen atoms in total. The molecule has 0 aliphatic heterocycles. The van der Waals surface area contributed by atoms with Crippen LogP contribution in [0.4, 0.5) is 4.39 Å². The number of nitrogens with zero attached hydrogens (tertiary/aromatic N) is 1. The van der Waals surface area contributed by atoms with Crippen molar-refractivity contribution in [3.8, 4) is 11.5 Å². The third-order valence-electron chi connectivity index (χ3n) is 2.84. The Bertz CT molecular complexity index is 777. The monoisotopic (exact) mass is 321 g/mol. The average molecular weight is 322 g/mol. The van der Waals surface area contributed by atoms with Crippen LogP contribution in [0.3, 0.4) is 0 Å². The molecule has 3 aromatic rings. The quantitative estimate of drug-likeness (QED) is 0.677. The van der Waals surface area contributed by atoms with E-state index >= 15 is 0 Å². The first kappa shape index (κ1) is 14.3. The van der Waals surface area contributed by atoms with E-state index < -0.39 is 11.8 Å². The molecule has 0 saturated heterocycles. The van der Waals surface area contributed by atoms with Gasteiger partial charge in [0, 0.05) is 6.07 Å². The van der Waals surface area contributed by atoms with Crippen LogP contribution in [0.1, 0.15) is 16.1 Å². The average Bonchev–Trinajstić information content (AvgIpc) is 3.16. The molecular formula is C15H9ClFNO4. The molecule has 0 radical (unpaired) electrons. The standard InChI is InChI=1S/C15H9ClFNO4/c16-10-3-1-4-11(17)14(10)15(19)21-8-9-7-13(22-18-9)12-5-2-6-20-12/h1-7H,8H2. The maximum atomic E-state index is 13.6. The van der Waals surface area contributed by atoms with Crippen LogP contribution in [0.15, 0.2) is 51.6 Å². The molecule has 7 heteroatoms. The molecule has 112 valence electrons. The number of hydrogen-bond acceptors (Lipinski definition) is 5. The van der Waals surface area contributed by atoms with Gasteiger partial charge in [-0.3, -0.25) is 0 Å². The Morgan fingerprint density at radius 3 is 2.86 bits per heavy atom. The number of carbonyl (C=O) groups is 1. The molecule has 22 heavy (non-hydrogen) atoms. The zero-order chi connectivity index (χ0) is 15.5. The molecule has 0 spiro atoms. The van der Waals surface area contributed by atoms with Gasteiger partial charge in [-0.1, -0.05) is 22.8 Å². The molecule has 2 heterocycles. The van der Waals surface area contributed by atoms with Gasteiger partial charge in [0.2, 0.25) is 5.76 Å². The maximum Gasteiger partial charge on any atom is 0.343 e. The van der Waals surface area contributed by atoms with E-state index in [4.69, 9.17) is 25.3 Å². The summed E-state index contributed by atoms with van der Waals surface area (Å²) in [6.45, 7) is -0.173. The Labute approximate surface area is 129 Å². The second-order valence-electron chi connectivity index (χ2n) is 4.33. The van der Waals surface area contributed by atoms with Crippen molar-refractivity contribution in [1.82, 2.24) is 5.16 Å². The summed E-state index contributed by atoms with van der Waals surface area (Å²) in [5, 5.41) is 3.73. The van der Waals surface area contributed by atoms with Crippen molar-refractivity contribution in [3.05, 3.63) is 64.8 Å². The molecule has 0 fully saturated rings. The van der Waals surface area contributed by atoms with E-state index in [1.54, 1.807) is 18.2 Å². The Morgan fingerprint density at radius 1 is 1.27 bits per heavy atom. The molecule has 0 N–H and O–H groups in total. The van der Waals surface area contributed by atoms with Crippen molar-refractivity contribution in [2.45, 2.75) is 6.61 Å². The van der Waals surface area contributed by atoms with Gasteiger partial charge < -0.3 is 13.7 Å². The van der Waals surface area contributed by atoms with Gasteiger partial charge in [-0.15, -0.1) is 0 Å². The summed E-state index contributed by atoms with van der Waals surface area (Å²) in [4.78, 5) is 11.9. The molecule has 0 unspecified atom stereocenters. The van der Waals surface area contributed by atoms with E-state index in [1.807, 2.05) is 0 Å². The van der Waals surface area contributed by atoms with Crippen molar-refractivity contribution in [2.75, 3.05) is 0 Å². The van der Waals surface area contributed by atoms with Crippen LogP contribution < -0.4 is 0 Å². The summed E-state index contributed by atoms with van der Waals surface area (Å²) in [6, 6.07) is 8.92. The summed E-state index contributed by atoms with van der Waals surface area (Å²) < 4.78 is 28.8. The van der Waals surface area contributed by atoms with Crippen molar-refractivity contribution in [3.63, 3.8) is 0 Å². The SMILES string of the molecule is O=C(OCc1cc(-c2ccco2)on1)c1c(F)cccc1Cl. The number of furan rings is 1. The van der Waals surface area contributed by atoms with Crippen molar-refractivity contribution < 1.29 is 22.9 Å². The smallest absolute Gasteiger partial charge is 0.343 e. The lowest BCUT2D eigenvalue weighted by atomic mass is 10.2. The molecule has 1 aromatic carbocycles. The number of hydrogen-bond donors (Lipinski definition) is 0. The van der Waals surface area contributed by atoms with Crippen LogP contribution in [0.5, 0.6) is 0 Å². The van der Waals surface area contributed by atoms with Gasteiger partial charge in [0.25, 0.3) is 0 Å². The minimum atomic E-state index is -0.870. The highest BCUT2D eigenvalue weighted by atomic mass is 35.5. The van der Waals surface area contributed by atoms with Gasteiger partial charge in [0.05, 0.1) is 11.3 Å². The van der Waals surface area contributed by atoms with Gasteiger partial charge in [-0.05, 0) is 24.3 Å². The largest absolute Gasteiger partial charge is 0.461 e. The van der Waals surface area contributed by atoms with Gasteiger partial charge in [-0.25, -0.2) is 9.18 Å². The molecule has 0 aliphatic carbocycles. The predicted octanol–water partition coefficient (Wildman–Crippen LogP) is 4.08. The Kier molecular flexibility index (Phi) is 3.93. The zero-order valence-electron chi connectivity index (χ0n) is 11.1. The summed E-state index contributed by atoms with van der Waals surface area (Å²) in [6.07, 6.45) is 1.50. The Balaban J connectivity index is 1.69. The fraction of sp³-hybridized carbons (Fsp3) is 0.0667. The lowest BCUT2D eigenvalue weighted by Gasteiger charge is -2.05. The third kappa shape index (κ3) is 2.87. The highest BCUT2D eigenvalue weighted by molar-refractivity contribution is 6.33. The first-order valence-corrected chi connectivity index (χ1v) is 6.63. The zero-order valence-corrected chi connectivity index (χ0v) is 11.8. The summed E-state index contributed by atoms with van der Waals surface area (Å²) in [5.41, 5.74) is 0.0612. The second-order valence-corrected chi connectivity index (χ2v) is 4.74. The number of halogens is 2. The van der Waals surface area contributed by atoms with E-state index in [9.17, 15) is 9.18 Å². The topological polar surface area (TPSA) is 65.5 Å². The molecule has 0 atom stereocenters. The van der Waals surface area contributed by atoms with Crippen LogP contribution >= 0.6 is 11.6 Å². The second kappa shape index (κ2) is 6.03. The number of benzene rings is 1. The van der Waals surface area contributed by atoms with E-state index in [1.165, 1.54) is 18.4 Å². The lowest BCUT2D eigenvalue weighted by molar-refractivity contribution is 0.0459. The lowest BCUT2D eigenvalue weighted by Crippen LogP contribution is -2.08. The highest BCUT2D eigenvalue weighted by Crippen LogP contribution is 2.22. The fourth-order valence-corrected chi connectivity index (χ4v) is 2.06.